The first-order chi connectivity index (χ1) is 8.22. The monoisotopic (exact) mass is 226 g/mol. The third-order valence-corrected chi connectivity index (χ3v) is 2.52. The maximum atomic E-state index is 3.78. The highest BCUT2D eigenvalue weighted by atomic mass is 14.0. The first-order valence-electron chi connectivity index (χ1n) is 6.24. The molecule has 0 aromatic heterocycles. The van der Waals surface area contributed by atoms with Crippen molar-refractivity contribution in [3.8, 4) is 0 Å². The summed E-state index contributed by atoms with van der Waals surface area (Å²) in [6.45, 7) is 8.24. The Hall–Kier alpha value is -1.56. The van der Waals surface area contributed by atoms with Gasteiger partial charge in [0, 0.05) is 0 Å². The van der Waals surface area contributed by atoms with Crippen molar-refractivity contribution in [2.24, 2.45) is 5.92 Å². The van der Waals surface area contributed by atoms with Gasteiger partial charge in [-0.05, 0) is 29.9 Å². The van der Waals surface area contributed by atoms with Gasteiger partial charge in [-0.2, -0.15) is 0 Å². The lowest BCUT2D eigenvalue weighted by Gasteiger charge is -2.03. The first kappa shape index (κ1) is 13.5. The molecular formula is C17H22. The summed E-state index contributed by atoms with van der Waals surface area (Å²) < 4.78 is 0. The van der Waals surface area contributed by atoms with Crippen LogP contribution in [0.1, 0.15) is 25.8 Å². The van der Waals surface area contributed by atoms with E-state index in [4.69, 9.17) is 0 Å². The number of benzene rings is 1. The van der Waals surface area contributed by atoms with Crippen molar-refractivity contribution in [1.82, 2.24) is 0 Å². The molecule has 0 heterocycles. The summed E-state index contributed by atoms with van der Waals surface area (Å²) in [7, 11) is 0. The quantitative estimate of drug-likeness (QED) is 0.602. The SMILES string of the molecule is C=C/C=C(\C=C/CC(C)C)Cc1ccccc1. The molecule has 0 saturated carbocycles. The Morgan fingerprint density at radius 2 is 1.94 bits per heavy atom. The van der Waals surface area contributed by atoms with Crippen LogP contribution in [0.3, 0.4) is 0 Å². The lowest BCUT2D eigenvalue weighted by Crippen LogP contribution is -1.88. The molecule has 0 atom stereocenters. The van der Waals surface area contributed by atoms with E-state index in [0.29, 0.717) is 5.92 Å². The molecule has 17 heavy (non-hydrogen) atoms. The average Bonchev–Trinajstić information content (AvgIpc) is 2.30. The van der Waals surface area contributed by atoms with Crippen LogP contribution < -0.4 is 0 Å². The van der Waals surface area contributed by atoms with Crippen LogP contribution in [0.15, 0.2) is 66.8 Å². The van der Waals surface area contributed by atoms with Gasteiger partial charge in [0.05, 0.1) is 0 Å². The third kappa shape index (κ3) is 5.91. The molecule has 0 N–H and O–H groups in total. The molecule has 1 rings (SSSR count). The summed E-state index contributed by atoms with van der Waals surface area (Å²) >= 11 is 0. The van der Waals surface area contributed by atoms with Gasteiger partial charge in [-0.1, -0.05) is 75.1 Å². The second-order valence-electron chi connectivity index (χ2n) is 4.67. The van der Waals surface area contributed by atoms with E-state index in [0.717, 1.165) is 12.8 Å². The zero-order valence-corrected chi connectivity index (χ0v) is 10.9. The van der Waals surface area contributed by atoms with Crippen LogP contribution in [0.5, 0.6) is 0 Å². The Morgan fingerprint density at radius 1 is 1.24 bits per heavy atom. The smallest absolute Gasteiger partial charge is 0.00259 e. The Kier molecular flexibility index (Phi) is 6.09. The van der Waals surface area contributed by atoms with Gasteiger partial charge in [0.15, 0.2) is 0 Å². The highest BCUT2D eigenvalue weighted by Crippen LogP contribution is 2.11. The van der Waals surface area contributed by atoms with Gasteiger partial charge in [0.25, 0.3) is 0 Å². The molecular weight excluding hydrogens is 204 g/mol. The molecule has 0 radical (unpaired) electrons. The Balaban J connectivity index is 2.65. The van der Waals surface area contributed by atoms with Crippen LogP contribution in [0.2, 0.25) is 0 Å². The van der Waals surface area contributed by atoms with Crippen LogP contribution in [-0.2, 0) is 6.42 Å². The van der Waals surface area contributed by atoms with Gasteiger partial charge >= 0.3 is 0 Å². The van der Waals surface area contributed by atoms with Crippen molar-refractivity contribution >= 4 is 0 Å². The van der Waals surface area contributed by atoms with Crippen LogP contribution >= 0.6 is 0 Å². The zero-order valence-electron chi connectivity index (χ0n) is 10.9. The lowest BCUT2D eigenvalue weighted by atomic mass is 10.0. The Bertz CT molecular complexity index is 380. The second-order valence-corrected chi connectivity index (χ2v) is 4.67. The van der Waals surface area contributed by atoms with E-state index in [1.807, 2.05) is 6.08 Å². The van der Waals surface area contributed by atoms with Crippen LogP contribution in [0.4, 0.5) is 0 Å². The minimum Gasteiger partial charge on any atom is -0.0991 e. The van der Waals surface area contributed by atoms with Crippen molar-refractivity contribution in [3.05, 3.63) is 72.4 Å². The lowest BCUT2D eigenvalue weighted by molar-refractivity contribution is 0.663. The topological polar surface area (TPSA) is 0 Å². The standard InChI is InChI=1S/C17H22/c1-4-9-16(13-8-10-15(2)3)14-17-11-6-5-7-12-17/h4-9,11-13,15H,1,10,14H2,2-3H3/b13-8-,16-9+. The molecule has 0 amide bonds. The van der Waals surface area contributed by atoms with Crippen LogP contribution in [0.25, 0.3) is 0 Å². The molecule has 0 unspecified atom stereocenters. The highest BCUT2D eigenvalue weighted by Gasteiger charge is 1.95. The number of hydrogen-bond acceptors (Lipinski definition) is 0. The van der Waals surface area contributed by atoms with Gasteiger partial charge in [0.1, 0.15) is 0 Å². The van der Waals surface area contributed by atoms with Crippen LogP contribution in [0, 0.1) is 5.92 Å². The summed E-state index contributed by atoms with van der Waals surface area (Å²) in [5.74, 6) is 0.716. The third-order valence-electron chi connectivity index (χ3n) is 2.52. The number of allylic oxidation sites excluding steroid dienone is 5. The van der Waals surface area contributed by atoms with Gasteiger partial charge in [0.2, 0.25) is 0 Å². The highest BCUT2D eigenvalue weighted by molar-refractivity contribution is 5.30. The second kappa shape index (κ2) is 7.67. The molecule has 0 nitrogen and oxygen atoms in total. The number of rotatable bonds is 6. The van der Waals surface area contributed by atoms with Crippen molar-refractivity contribution in [2.75, 3.05) is 0 Å². The van der Waals surface area contributed by atoms with Gasteiger partial charge in [-0.3, -0.25) is 0 Å². The van der Waals surface area contributed by atoms with E-state index in [-0.39, 0.29) is 0 Å². The van der Waals surface area contributed by atoms with Gasteiger partial charge in [-0.15, -0.1) is 0 Å². The molecule has 0 bridgehead atoms. The number of hydrogen-bond donors (Lipinski definition) is 0. The largest absolute Gasteiger partial charge is 0.0991 e. The minimum absolute atomic E-state index is 0.716. The molecule has 1 aromatic rings. The van der Waals surface area contributed by atoms with Crippen molar-refractivity contribution < 1.29 is 0 Å². The summed E-state index contributed by atoms with van der Waals surface area (Å²) in [6, 6.07) is 10.5. The maximum Gasteiger partial charge on any atom is -0.00259 e. The predicted octanol–water partition coefficient (Wildman–Crippen LogP) is 4.94. The fourth-order valence-electron chi connectivity index (χ4n) is 1.65. The molecule has 1 aromatic carbocycles. The molecule has 0 saturated heterocycles. The van der Waals surface area contributed by atoms with E-state index >= 15 is 0 Å². The molecule has 0 fully saturated rings. The van der Waals surface area contributed by atoms with Crippen molar-refractivity contribution in [2.45, 2.75) is 26.7 Å². The predicted molar refractivity (Wildman–Crippen MR) is 77.0 cm³/mol. The van der Waals surface area contributed by atoms with Crippen LogP contribution in [-0.4, -0.2) is 0 Å². The van der Waals surface area contributed by atoms with E-state index in [1.165, 1.54) is 11.1 Å². The van der Waals surface area contributed by atoms with E-state index in [9.17, 15) is 0 Å². The average molecular weight is 226 g/mol. The zero-order chi connectivity index (χ0) is 12.5. The Labute approximate surface area is 105 Å². The minimum atomic E-state index is 0.716. The molecule has 0 aliphatic rings. The molecule has 0 aliphatic heterocycles. The van der Waals surface area contributed by atoms with Crippen molar-refractivity contribution in [1.29, 1.82) is 0 Å². The fraction of sp³-hybridized carbons (Fsp3) is 0.294. The van der Waals surface area contributed by atoms with E-state index in [1.54, 1.807) is 0 Å². The Morgan fingerprint density at radius 3 is 2.53 bits per heavy atom. The normalized spacial score (nSPS) is 12.3. The first-order valence-corrected chi connectivity index (χ1v) is 6.24. The fourth-order valence-corrected chi connectivity index (χ4v) is 1.65. The molecule has 0 aliphatic carbocycles. The summed E-state index contributed by atoms with van der Waals surface area (Å²) in [5, 5.41) is 0. The van der Waals surface area contributed by atoms with Crippen molar-refractivity contribution in [3.63, 3.8) is 0 Å². The van der Waals surface area contributed by atoms with E-state index < -0.39 is 0 Å². The molecule has 0 spiro atoms. The summed E-state index contributed by atoms with van der Waals surface area (Å²) in [6.07, 6.45) is 10.5. The molecule has 90 valence electrons. The maximum absolute atomic E-state index is 3.78. The molecule has 0 heteroatoms. The van der Waals surface area contributed by atoms with E-state index in [2.05, 4.69) is 69.0 Å². The van der Waals surface area contributed by atoms with Gasteiger partial charge < -0.3 is 0 Å². The summed E-state index contributed by atoms with van der Waals surface area (Å²) in [4.78, 5) is 0. The summed E-state index contributed by atoms with van der Waals surface area (Å²) in [5.41, 5.74) is 2.65. The van der Waals surface area contributed by atoms with Gasteiger partial charge in [-0.25, -0.2) is 0 Å².